The summed E-state index contributed by atoms with van der Waals surface area (Å²) in [5, 5.41) is 1.82. The van der Waals surface area contributed by atoms with Crippen LogP contribution in [-0.4, -0.2) is 5.78 Å². The Labute approximate surface area is 117 Å². The number of carbonyl (C=O) groups excluding carboxylic acids is 1. The van der Waals surface area contributed by atoms with Gasteiger partial charge in [-0.25, -0.2) is 0 Å². The number of hydrogen-bond acceptors (Lipinski definition) is 2. The van der Waals surface area contributed by atoms with Gasteiger partial charge >= 0.3 is 0 Å². The van der Waals surface area contributed by atoms with Gasteiger partial charge in [0, 0.05) is 16.1 Å². The Morgan fingerprint density at radius 1 is 1.33 bits per heavy atom. The summed E-state index contributed by atoms with van der Waals surface area (Å²) in [4.78, 5) is 13.2. The second-order valence-electron chi connectivity index (χ2n) is 5.86. The van der Waals surface area contributed by atoms with Crippen LogP contribution >= 0.6 is 22.9 Å². The average Bonchev–Trinajstić information content (AvgIpc) is 2.54. The molecule has 0 N–H and O–H groups in total. The molecule has 1 heterocycles. The number of fused-ring (bicyclic) bond motifs is 1. The first-order valence-electron chi connectivity index (χ1n) is 6.00. The van der Waals surface area contributed by atoms with E-state index in [1.807, 2.05) is 25.1 Å². The summed E-state index contributed by atoms with van der Waals surface area (Å²) in [5.74, 6) is 0.234. The van der Waals surface area contributed by atoms with E-state index in [-0.39, 0.29) is 11.2 Å². The third-order valence-electron chi connectivity index (χ3n) is 2.84. The summed E-state index contributed by atoms with van der Waals surface area (Å²) in [6.45, 7) is 8.27. The largest absolute Gasteiger partial charge is 0.293 e. The maximum atomic E-state index is 12.3. The van der Waals surface area contributed by atoms with E-state index in [0.717, 1.165) is 25.5 Å². The highest BCUT2D eigenvalue weighted by Crippen LogP contribution is 2.34. The fourth-order valence-corrected chi connectivity index (χ4v) is 3.32. The summed E-state index contributed by atoms with van der Waals surface area (Å²) in [6, 6.07) is 5.80. The van der Waals surface area contributed by atoms with Crippen molar-refractivity contribution in [3.8, 4) is 0 Å². The molecule has 2 aromatic rings. The SMILES string of the molecule is Cc1c(C(=O)CC(C)(C)C)sc2ccc(Cl)cc12. The van der Waals surface area contributed by atoms with Crippen molar-refractivity contribution in [1.82, 2.24) is 0 Å². The molecule has 1 nitrogen and oxygen atoms in total. The predicted octanol–water partition coefficient (Wildman–Crippen LogP) is 5.48. The lowest BCUT2D eigenvalue weighted by Gasteiger charge is -2.16. The lowest BCUT2D eigenvalue weighted by atomic mass is 9.89. The minimum Gasteiger partial charge on any atom is -0.293 e. The van der Waals surface area contributed by atoms with E-state index in [1.165, 1.54) is 0 Å². The topological polar surface area (TPSA) is 17.1 Å². The normalized spacial score (nSPS) is 12.1. The molecule has 0 radical (unpaired) electrons. The summed E-state index contributed by atoms with van der Waals surface area (Å²) in [6.07, 6.45) is 0.578. The maximum absolute atomic E-state index is 12.3. The summed E-state index contributed by atoms with van der Waals surface area (Å²) in [7, 11) is 0. The fourth-order valence-electron chi connectivity index (χ4n) is 2.02. The molecule has 0 aliphatic heterocycles. The van der Waals surface area contributed by atoms with E-state index in [1.54, 1.807) is 11.3 Å². The smallest absolute Gasteiger partial charge is 0.173 e. The van der Waals surface area contributed by atoms with Crippen LogP contribution in [0.2, 0.25) is 5.02 Å². The monoisotopic (exact) mass is 280 g/mol. The van der Waals surface area contributed by atoms with Crippen LogP contribution in [0.4, 0.5) is 0 Å². The van der Waals surface area contributed by atoms with Crippen molar-refractivity contribution in [2.75, 3.05) is 0 Å². The number of rotatable bonds is 2. The highest BCUT2D eigenvalue weighted by molar-refractivity contribution is 7.21. The zero-order valence-corrected chi connectivity index (χ0v) is 12.7. The second-order valence-corrected chi connectivity index (χ2v) is 7.35. The molecule has 1 aromatic carbocycles. The Kier molecular flexibility index (Phi) is 3.52. The second kappa shape index (κ2) is 4.67. The van der Waals surface area contributed by atoms with Gasteiger partial charge < -0.3 is 0 Å². The van der Waals surface area contributed by atoms with Gasteiger partial charge in [-0.2, -0.15) is 0 Å². The first-order chi connectivity index (χ1) is 8.28. The number of ketones is 1. The summed E-state index contributed by atoms with van der Waals surface area (Å²) >= 11 is 7.58. The van der Waals surface area contributed by atoms with E-state index in [2.05, 4.69) is 20.8 Å². The van der Waals surface area contributed by atoms with E-state index in [0.29, 0.717) is 6.42 Å². The third-order valence-corrected chi connectivity index (χ3v) is 4.39. The Hall–Kier alpha value is -0.860. The van der Waals surface area contributed by atoms with Crippen LogP contribution in [0, 0.1) is 12.3 Å². The molecule has 1 aromatic heterocycles. The molecule has 0 saturated heterocycles. The van der Waals surface area contributed by atoms with Crippen LogP contribution in [0.25, 0.3) is 10.1 Å². The molecule has 0 aliphatic carbocycles. The average molecular weight is 281 g/mol. The van der Waals surface area contributed by atoms with Crippen molar-refractivity contribution >= 4 is 38.8 Å². The minimum atomic E-state index is 0.0251. The zero-order chi connectivity index (χ0) is 13.5. The van der Waals surface area contributed by atoms with E-state index in [9.17, 15) is 4.79 Å². The van der Waals surface area contributed by atoms with Gasteiger partial charge in [0.05, 0.1) is 4.88 Å². The molecule has 0 spiro atoms. The van der Waals surface area contributed by atoms with E-state index in [4.69, 9.17) is 11.6 Å². The first-order valence-corrected chi connectivity index (χ1v) is 7.19. The number of Topliss-reactive ketones (excluding diaryl/α,β-unsaturated/α-hetero) is 1. The highest BCUT2D eigenvalue weighted by atomic mass is 35.5. The molecular formula is C15H17ClOS. The molecular weight excluding hydrogens is 264 g/mol. The molecule has 96 valence electrons. The fraction of sp³-hybridized carbons (Fsp3) is 0.400. The number of halogens is 1. The zero-order valence-electron chi connectivity index (χ0n) is 11.1. The predicted molar refractivity (Wildman–Crippen MR) is 80.0 cm³/mol. The minimum absolute atomic E-state index is 0.0251. The molecule has 2 rings (SSSR count). The number of aryl methyl sites for hydroxylation is 1. The van der Waals surface area contributed by atoms with Gasteiger partial charge in [0.15, 0.2) is 5.78 Å². The lowest BCUT2D eigenvalue weighted by molar-refractivity contribution is 0.0943. The van der Waals surface area contributed by atoms with Crippen molar-refractivity contribution in [2.24, 2.45) is 5.41 Å². The van der Waals surface area contributed by atoms with Crippen LogP contribution in [-0.2, 0) is 0 Å². The maximum Gasteiger partial charge on any atom is 0.173 e. The van der Waals surface area contributed by atoms with Gasteiger partial charge in [-0.05, 0) is 41.5 Å². The third kappa shape index (κ3) is 2.76. The number of thiophene rings is 1. The van der Waals surface area contributed by atoms with Crippen molar-refractivity contribution in [3.05, 3.63) is 33.7 Å². The van der Waals surface area contributed by atoms with Crippen LogP contribution in [0.5, 0.6) is 0 Å². The van der Waals surface area contributed by atoms with Crippen molar-refractivity contribution in [3.63, 3.8) is 0 Å². The molecule has 18 heavy (non-hydrogen) atoms. The molecule has 0 unspecified atom stereocenters. The molecule has 0 saturated carbocycles. The van der Waals surface area contributed by atoms with Crippen LogP contribution in [0.15, 0.2) is 18.2 Å². The van der Waals surface area contributed by atoms with Crippen LogP contribution < -0.4 is 0 Å². The van der Waals surface area contributed by atoms with E-state index < -0.39 is 0 Å². The Morgan fingerprint density at radius 2 is 2.00 bits per heavy atom. The summed E-state index contributed by atoms with van der Waals surface area (Å²) < 4.78 is 1.13. The molecule has 3 heteroatoms. The van der Waals surface area contributed by atoms with Gasteiger partial charge in [0.2, 0.25) is 0 Å². The Balaban J connectivity index is 2.46. The Morgan fingerprint density at radius 3 is 2.61 bits per heavy atom. The number of carbonyl (C=O) groups is 1. The van der Waals surface area contributed by atoms with Gasteiger partial charge in [0.25, 0.3) is 0 Å². The van der Waals surface area contributed by atoms with Gasteiger partial charge in [-0.1, -0.05) is 32.4 Å². The molecule has 0 aliphatic rings. The molecule has 0 atom stereocenters. The van der Waals surface area contributed by atoms with Gasteiger partial charge in [0.1, 0.15) is 0 Å². The first kappa shape index (κ1) is 13.6. The van der Waals surface area contributed by atoms with Crippen LogP contribution in [0.1, 0.15) is 42.4 Å². The number of hydrogen-bond donors (Lipinski definition) is 0. The summed E-state index contributed by atoms with van der Waals surface area (Å²) in [5.41, 5.74) is 1.09. The quantitative estimate of drug-likeness (QED) is 0.666. The van der Waals surface area contributed by atoms with Crippen molar-refractivity contribution in [1.29, 1.82) is 0 Å². The van der Waals surface area contributed by atoms with Gasteiger partial charge in [-0.3, -0.25) is 4.79 Å². The molecule has 0 fully saturated rings. The molecule has 0 amide bonds. The van der Waals surface area contributed by atoms with Crippen LogP contribution in [0.3, 0.4) is 0 Å². The van der Waals surface area contributed by atoms with Crippen molar-refractivity contribution in [2.45, 2.75) is 34.1 Å². The van der Waals surface area contributed by atoms with Crippen molar-refractivity contribution < 1.29 is 4.79 Å². The standard InChI is InChI=1S/C15H17ClOS/c1-9-11-7-10(16)5-6-13(11)18-14(9)12(17)8-15(2,3)4/h5-7H,8H2,1-4H3. The molecule has 0 bridgehead atoms. The lowest BCUT2D eigenvalue weighted by Crippen LogP contribution is -2.12. The number of benzene rings is 1. The van der Waals surface area contributed by atoms with Gasteiger partial charge in [-0.15, -0.1) is 11.3 Å². The highest BCUT2D eigenvalue weighted by Gasteiger charge is 2.21. The van der Waals surface area contributed by atoms with E-state index >= 15 is 0 Å². The Bertz CT molecular complexity index is 605.